The van der Waals surface area contributed by atoms with Crippen molar-refractivity contribution in [1.82, 2.24) is 5.32 Å². The molecule has 0 amide bonds. The smallest absolute Gasteiger partial charge is 0.0799 e. The molecular weight excluding hydrogens is 242 g/mol. The van der Waals surface area contributed by atoms with Crippen LogP contribution in [0.1, 0.15) is 25.0 Å². The Hall–Kier alpha value is -0.770. The summed E-state index contributed by atoms with van der Waals surface area (Å²) in [4.78, 5) is 0.983. The number of benzene rings is 1. The minimum absolute atomic E-state index is 0.127. The lowest BCUT2D eigenvalue weighted by Crippen LogP contribution is -2.49. The lowest BCUT2D eigenvalue weighted by Gasteiger charge is -2.37. The largest absolute Gasteiger partial charge is 0.375 e. The quantitative estimate of drug-likeness (QED) is 0.669. The first-order valence-electron chi connectivity index (χ1n) is 6.45. The van der Waals surface area contributed by atoms with Gasteiger partial charge in [-0.2, -0.15) is 0 Å². The number of thiocarbonyl (C=S) groups is 1. The Morgan fingerprint density at radius 1 is 1.33 bits per heavy atom. The average Bonchev–Trinajstić information content (AvgIpc) is 2.40. The Morgan fingerprint density at radius 2 is 2.00 bits per heavy atom. The molecule has 1 aliphatic heterocycles. The molecule has 1 aromatic rings. The molecule has 1 atom stereocenters. The van der Waals surface area contributed by atoms with E-state index in [1.165, 1.54) is 5.56 Å². The summed E-state index contributed by atoms with van der Waals surface area (Å²) in [6.45, 7) is 9.01. The van der Waals surface area contributed by atoms with Gasteiger partial charge in [-0.15, -0.1) is 0 Å². The van der Waals surface area contributed by atoms with Crippen molar-refractivity contribution in [3.63, 3.8) is 0 Å². The van der Waals surface area contributed by atoms with Crippen LogP contribution in [0.3, 0.4) is 0 Å². The molecule has 0 saturated carbocycles. The summed E-state index contributed by atoms with van der Waals surface area (Å²) in [5.74, 6) is 0. The Bertz CT molecular complexity index is 419. The van der Waals surface area contributed by atoms with Gasteiger partial charge in [-0.3, -0.25) is 0 Å². The summed E-state index contributed by atoms with van der Waals surface area (Å²) >= 11 is 5.67. The Balaban J connectivity index is 2.17. The third-order valence-electron chi connectivity index (χ3n) is 3.63. The molecule has 0 spiro atoms. The van der Waals surface area contributed by atoms with Crippen molar-refractivity contribution in [2.24, 2.45) is 5.41 Å². The van der Waals surface area contributed by atoms with Crippen LogP contribution in [0.25, 0.3) is 0 Å². The van der Waals surface area contributed by atoms with E-state index in [4.69, 9.17) is 17.0 Å². The van der Waals surface area contributed by atoms with Gasteiger partial charge in [0.05, 0.1) is 12.7 Å². The van der Waals surface area contributed by atoms with Crippen molar-refractivity contribution in [3.8, 4) is 0 Å². The standard InChI is InChI=1S/C15H21NOS/c1-11-4-6-12(7-5-11)14(18)15(2,3)13-10-16-8-9-17-13/h4-7,13,16H,8-10H2,1-3H3. The molecule has 3 heteroatoms. The molecule has 1 saturated heterocycles. The van der Waals surface area contributed by atoms with E-state index >= 15 is 0 Å². The fourth-order valence-corrected chi connectivity index (χ4v) is 2.52. The summed E-state index contributed by atoms with van der Waals surface area (Å²) in [5, 5.41) is 3.37. The van der Waals surface area contributed by atoms with Crippen molar-refractivity contribution in [2.45, 2.75) is 26.9 Å². The summed E-state index contributed by atoms with van der Waals surface area (Å²) in [5.41, 5.74) is 2.27. The minimum Gasteiger partial charge on any atom is -0.375 e. The van der Waals surface area contributed by atoms with Gasteiger partial charge >= 0.3 is 0 Å². The predicted octanol–water partition coefficient (Wildman–Crippen LogP) is 2.73. The number of aryl methyl sites for hydroxylation is 1. The first-order valence-corrected chi connectivity index (χ1v) is 6.86. The zero-order valence-corrected chi connectivity index (χ0v) is 12.1. The maximum atomic E-state index is 5.86. The highest BCUT2D eigenvalue weighted by Gasteiger charge is 2.36. The zero-order chi connectivity index (χ0) is 13.2. The van der Waals surface area contributed by atoms with Gasteiger partial charge in [0.15, 0.2) is 0 Å². The second-order valence-electron chi connectivity index (χ2n) is 5.48. The van der Waals surface area contributed by atoms with Crippen LogP contribution < -0.4 is 5.32 Å². The summed E-state index contributed by atoms with van der Waals surface area (Å²) in [7, 11) is 0. The van der Waals surface area contributed by atoms with Crippen LogP contribution in [0.4, 0.5) is 0 Å². The molecule has 98 valence electrons. The molecule has 0 aliphatic carbocycles. The molecule has 1 N–H and O–H groups in total. The minimum atomic E-state index is -0.127. The van der Waals surface area contributed by atoms with Gasteiger partial charge in [0.2, 0.25) is 0 Å². The Kier molecular flexibility index (Phi) is 4.15. The first kappa shape index (κ1) is 13.7. The molecule has 2 rings (SSSR count). The average molecular weight is 263 g/mol. The number of rotatable bonds is 3. The van der Waals surface area contributed by atoms with Crippen LogP contribution in [-0.4, -0.2) is 30.7 Å². The number of morpholine rings is 1. The Labute approximate surface area is 115 Å². The number of hydrogen-bond donors (Lipinski definition) is 1. The van der Waals surface area contributed by atoms with Crippen molar-refractivity contribution < 1.29 is 4.74 Å². The first-order chi connectivity index (χ1) is 8.51. The summed E-state index contributed by atoms with van der Waals surface area (Å²) < 4.78 is 5.86. The second kappa shape index (κ2) is 5.47. The molecule has 1 aliphatic rings. The van der Waals surface area contributed by atoms with Crippen LogP contribution in [-0.2, 0) is 4.74 Å². The maximum absolute atomic E-state index is 5.86. The fraction of sp³-hybridized carbons (Fsp3) is 0.533. The SMILES string of the molecule is Cc1ccc(C(=S)C(C)(C)C2CNCCO2)cc1. The van der Waals surface area contributed by atoms with E-state index in [-0.39, 0.29) is 11.5 Å². The van der Waals surface area contributed by atoms with E-state index in [1.807, 2.05) is 0 Å². The predicted molar refractivity (Wildman–Crippen MR) is 79.3 cm³/mol. The summed E-state index contributed by atoms with van der Waals surface area (Å²) in [6, 6.07) is 8.43. The van der Waals surface area contributed by atoms with Gasteiger partial charge in [-0.1, -0.05) is 55.9 Å². The molecule has 1 aromatic carbocycles. The van der Waals surface area contributed by atoms with E-state index in [0.717, 1.165) is 30.1 Å². The second-order valence-corrected chi connectivity index (χ2v) is 5.89. The molecule has 2 nitrogen and oxygen atoms in total. The highest BCUT2D eigenvalue weighted by molar-refractivity contribution is 7.81. The molecule has 1 unspecified atom stereocenters. The monoisotopic (exact) mass is 263 g/mol. The van der Waals surface area contributed by atoms with Gasteiger partial charge in [0.1, 0.15) is 0 Å². The van der Waals surface area contributed by atoms with Crippen molar-refractivity contribution in [2.75, 3.05) is 19.7 Å². The van der Waals surface area contributed by atoms with E-state index in [2.05, 4.69) is 50.4 Å². The molecule has 1 heterocycles. The van der Waals surface area contributed by atoms with E-state index < -0.39 is 0 Å². The third-order valence-corrected chi connectivity index (χ3v) is 4.39. The van der Waals surface area contributed by atoms with Gasteiger partial charge in [0, 0.05) is 23.4 Å². The fourth-order valence-electron chi connectivity index (χ4n) is 2.25. The van der Waals surface area contributed by atoms with Gasteiger partial charge in [0.25, 0.3) is 0 Å². The van der Waals surface area contributed by atoms with Crippen LogP contribution in [0.5, 0.6) is 0 Å². The normalized spacial score (nSPS) is 20.7. The van der Waals surface area contributed by atoms with E-state index in [1.54, 1.807) is 0 Å². The highest BCUT2D eigenvalue weighted by atomic mass is 32.1. The molecular formula is C15H21NOS. The molecule has 0 aromatic heterocycles. The third kappa shape index (κ3) is 2.79. The van der Waals surface area contributed by atoms with E-state index in [9.17, 15) is 0 Å². The highest BCUT2D eigenvalue weighted by Crippen LogP contribution is 2.30. The summed E-state index contributed by atoms with van der Waals surface area (Å²) in [6.07, 6.45) is 0.153. The number of ether oxygens (including phenoxy) is 1. The van der Waals surface area contributed by atoms with E-state index in [0.29, 0.717) is 0 Å². The number of nitrogens with one attached hydrogen (secondary N) is 1. The van der Waals surface area contributed by atoms with Crippen molar-refractivity contribution in [3.05, 3.63) is 35.4 Å². The van der Waals surface area contributed by atoms with Crippen LogP contribution >= 0.6 is 12.2 Å². The number of hydrogen-bond acceptors (Lipinski definition) is 3. The maximum Gasteiger partial charge on any atom is 0.0799 e. The van der Waals surface area contributed by atoms with Crippen molar-refractivity contribution in [1.29, 1.82) is 0 Å². The zero-order valence-electron chi connectivity index (χ0n) is 11.3. The van der Waals surface area contributed by atoms with Gasteiger partial charge < -0.3 is 10.1 Å². The van der Waals surface area contributed by atoms with Crippen LogP contribution in [0.2, 0.25) is 0 Å². The topological polar surface area (TPSA) is 21.3 Å². The molecule has 0 radical (unpaired) electrons. The van der Waals surface area contributed by atoms with Gasteiger partial charge in [-0.25, -0.2) is 0 Å². The van der Waals surface area contributed by atoms with Crippen LogP contribution in [0, 0.1) is 12.3 Å². The molecule has 1 fully saturated rings. The van der Waals surface area contributed by atoms with Crippen molar-refractivity contribution >= 4 is 17.1 Å². The van der Waals surface area contributed by atoms with Crippen LogP contribution in [0.15, 0.2) is 24.3 Å². The molecule has 18 heavy (non-hydrogen) atoms. The lowest BCUT2D eigenvalue weighted by molar-refractivity contribution is -0.0172. The lowest BCUT2D eigenvalue weighted by atomic mass is 9.79. The van der Waals surface area contributed by atoms with Gasteiger partial charge in [-0.05, 0) is 12.5 Å². The Morgan fingerprint density at radius 3 is 2.56 bits per heavy atom. The molecule has 0 bridgehead atoms.